The highest BCUT2D eigenvalue weighted by Gasteiger charge is 2.35. The van der Waals surface area contributed by atoms with Gasteiger partial charge < -0.3 is 9.84 Å². The Morgan fingerprint density at radius 2 is 1.84 bits per heavy atom. The van der Waals surface area contributed by atoms with E-state index >= 15 is 0 Å². The van der Waals surface area contributed by atoms with Crippen molar-refractivity contribution in [1.82, 2.24) is 0 Å². The summed E-state index contributed by atoms with van der Waals surface area (Å²) < 4.78 is 5.19. The fourth-order valence-electron chi connectivity index (χ4n) is 2.74. The van der Waals surface area contributed by atoms with Gasteiger partial charge >= 0.3 is 11.9 Å². The molecule has 1 unspecified atom stereocenters. The lowest BCUT2D eigenvalue weighted by molar-refractivity contribution is -0.145. The predicted molar refractivity (Wildman–Crippen MR) is 93.8 cm³/mol. The number of hydrogen-bond donors (Lipinski definition) is 1. The summed E-state index contributed by atoms with van der Waals surface area (Å²) in [6, 6.07) is 15.9. The maximum Gasteiger partial charge on any atom is 0.335 e. The minimum Gasteiger partial charge on any atom is -0.478 e. The van der Waals surface area contributed by atoms with Crippen LogP contribution < -0.4 is 5.01 Å². The lowest BCUT2D eigenvalue weighted by Crippen LogP contribution is -2.29. The van der Waals surface area contributed by atoms with Gasteiger partial charge in [-0.25, -0.2) is 4.79 Å². The largest absolute Gasteiger partial charge is 0.478 e. The van der Waals surface area contributed by atoms with Crippen molar-refractivity contribution in [2.45, 2.75) is 6.92 Å². The molecule has 1 heterocycles. The molecule has 0 radical (unpaired) electrons. The summed E-state index contributed by atoms with van der Waals surface area (Å²) >= 11 is 0. The van der Waals surface area contributed by atoms with E-state index in [9.17, 15) is 9.59 Å². The molecule has 0 spiro atoms. The van der Waals surface area contributed by atoms with E-state index in [1.54, 1.807) is 24.1 Å². The number of carboxylic acids is 1. The predicted octanol–water partition coefficient (Wildman–Crippen LogP) is 2.79. The molecule has 0 fully saturated rings. The van der Waals surface area contributed by atoms with Crippen molar-refractivity contribution < 1.29 is 19.4 Å². The van der Waals surface area contributed by atoms with E-state index in [1.165, 1.54) is 12.1 Å². The molecule has 0 saturated carbocycles. The molecular formula is C19H18N2O4. The van der Waals surface area contributed by atoms with Gasteiger partial charge in [-0.15, -0.1) is 0 Å². The average molecular weight is 338 g/mol. The van der Waals surface area contributed by atoms with Crippen molar-refractivity contribution in [2.75, 3.05) is 18.2 Å². The Kier molecular flexibility index (Phi) is 4.79. The maximum atomic E-state index is 12.3. The highest BCUT2D eigenvalue weighted by atomic mass is 16.5. The van der Waals surface area contributed by atoms with Gasteiger partial charge in [-0.05, 0) is 36.8 Å². The number of hydrazone groups is 1. The van der Waals surface area contributed by atoms with Crippen molar-refractivity contribution in [3.8, 4) is 0 Å². The monoisotopic (exact) mass is 338 g/mol. The van der Waals surface area contributed by atoms with Crippen LogP contribution in [0, 0.1) is 5.92 Å². The number of anilines is 1. The zero-order valence-electron chi connectivity index (χ0n) is 13.8. The first-order valence-corrected chi connectivity index (χ1v) is 8.01. The standard InChI is InChI=1S/C19H18N2O4/c1-2-25-19(24)16-12-21(15-10-8-14(9-11-15)18(22)23)20-17(16)13-6-4-3-5-7-13/h3-11,16H,2,12H2,1H3,(H,22,23). The molecule has 0 saturated heterocycles. The first kappa shape index (κ1) is 16.7. The lowest BCUT2D eigenvalue weighted by Gasteiger charge is -2.15. The normalized spacial score (nSPS) is 16.4. The number of rotatable bonds is 5. The second kappa shape index (κ2) is 7.17. The molecule has 128 valence electrons. The molecule has 0 bridgehead atoms. The first-order chi connectivity index (χ1) is 12.1. The van der Waals surface area contributed by atoms with Crippen LogP contribution in [-0.2, 0) is 9.53 Å². The number of aromatic carboxylic acids is 1. The molecule has 1 N–H and O–H groups in total. The van der Waals surface area contributed by atoms with Gasteiger partial charge in [0.15, 0.2) is 0 Å². The second-order valence-electron chi connectivity index (χ2n) is 5.59. The Balaban J connectivity index is 1.92. The minimum absolute atomic E-state index is 0.206. The highest BCUT2D eigenvalue weighted by molar-refractivity contribution is 6.14. The molecule has 2 aromatic rings. The third-order valence-corrected chi connectivity index (χ3v) is 3.97. The maximum absolute atomic E-state index is 12.3. The van der Waals surface area contributed by atoms with Gasteiger partial charge in [-0.1, -0.05) is 30.3 Å². The Morgan fingerprint density at radius 1 is 1.16 bits per heavy atom. The van der Waals surface area contributed by atoms with E-state index < -0.39 is 11.9 Å². The molecule has 1 atom stereocenters. The molecule has 0 aromatic heterocycles. The summed E-state index contributed by atoms with van der Waals surface area (Å²) in [4.78, 5) is 23.3. The van der Waals surface area contributed by atoms with Gasteiger partial charge in [0.1, 0.15) is 5.92 Å². The number of esters is 1. The van der Waals surface area contributed by atoms with Gasteiger partial charge in [0.25, 0.3) is 0 Å². The number of carbonyl (C=O) groups excluding carboxylic acids is 1. The molecular weight excluding hydrogens is 320 g/mol. The quantitative estimate of drug-likeness (QED) is 0.848. The zero-order valence-corrected chi connectivity index (χ0v) is 13.8. The van der Waals surface area contributed by atoms with Crippen molar-refractivity contribution in [3.05, 3.63) is 65.7 Å². The van der Waals surface area contributed by atoms with E-state index in [4.69, 9.17) is 9.84 Å². The van der Waals surface area contributed by atoms with Gasteiger partial charge in [0.05, 0.1) is 30.1 Å². The van der Waals surface area contributed by atoms with Gasteiger partial charge in [0.2, 0.25) is 0 Å². The zero-order chi connectivity index (χ0) is 17.8. The lowest BCUT2D eigenvalue weighted by atomic mass is 9.97. The SMILES string of the molecule is CCOC(=O)C1CN(c2ccc(C(=O)O)cc2)N=C1c1ccccc1. The summed E-state index contributed by atoms with van der Waals surface area (Å²) in [6.45, 7) is 2.44. The smallest absolute Gasteiger partial charge is 0.335 e. The number of carboxylic acid groups (broad SMARTS) is 1. The molecule has 6 nitrogen and oxygen atoms in total. The van der Waals surface area contributed by atoms with E-state index in [1.807, 2.05) is 30.3 Å². The fraction of sp³-hybridized carbons (Fsp3) is 0.211. The fourth-order valence-corrected chi connectivity index (χ4v) is 2.74. The number of carbonyl (C=O) groups is 2. The molecule has 25 heavy (non-hydrogen) atoms. The van der Waals surface area contributed by atoms with Crippen molar-refractivity contribution in [2.24, 2.45) is 11.0 Å². The molecule has 1 aliphatic rings. The van der Waals surface area contributed by atoms with Crippen LogP contribution in [0.5, 0.6) is 0 Å². The number of hydrogen-bond acceptors (Lipinski definition) is 5. The Labute approximate surface area is 145 Å². The van der Waals surface area contributed by atoms with E-state index in [0.29, 0.717) is 18.9 Å². The first-order valence-electron chi connectivity index (χ1n) is 8.01. The van der Waals surface area contributed by atoms with Crippen LogP contribution in [0.25, 0.3) is 0 Å². The molecule has 1 aliphatic heterocycles. The Morgan fingerprint density at radius 3 is 2.44 bits per heavy atom. The second-order valence-corrected chi connectivity index (χ2v) is 5.59. The molecule has 0 amide bonds. The van der Waals surface area contributed by atoms with Crippen LogP contribution >= 0.6 is 0 Å². The Hall–Kier alpha value is -3.15. The van der Waals surface area contributed by atoms with Gasteiger partial charge in [-0.2, -0.15) is 5.10 Å². The van der Waals surface area contributed by atoms with Crippen molar-refractivity contribution in [3.63, 3.8) is 0 Å². The number of benzene rings is 2. The van der Waals surface area contributed by atoms with E-state index in [0.717, 1.165) is 11.3 Å². The van der Waals surface area contributed by atoms with Crippen molar-refractivity contribution >= 4 is 23.3 Å². The average Bonchev–Trinajstić information content (AvgIpc) is 3.08. The summed E-state index contributed by atoms with van der Waals surface area (Å²) in [7, 11) is 0. The van der Waals surface area contributed by atoms with Crippen LogP contribution in [-0.4, -0.2) is 35.9 Å². The summed E-state index contributed by atoms with van der Waals surface area (Å²) in [5, 5.41) is 15.3. The summed E-state index contributed by atoms with van der Waals surface area (Å²) in [5.41, 5.74) is 2.45. The van der Waals surface area contributed by atoms with Crippen molar-refractivity contribution in [1.29, 1.82) is 0 Å². The minimum atomic E-state index is -0.981. The van der Waals surface area contributed by atoms with E-state index in [2.05, 4.69) is 5.10 Å². The Bertz CT molecular complexity index is 800. The van der Waals surface area contributed by atoms with Crippen LogP contribution in [0.1, 0.15) is 22.8 Å². The summed E-state index contributed by atoms with van der Waals surface area (Å²) in [5.74, 6) is -1.78. The van der Waals surface area contributed by atoms with Gasteiger partial charge in [-0.3, -0.25) is 9.80 Å². The molecule has 6 heteroatoms. The van der Waals surface area contributed by atoms with Gasteiger partial charge in [0, 0.05) is 0 Å². The van der Waals surface area contributed by atoms with Crippen LogP contribution in [0.3, 0.4) is 0 Å². The van der Waals surface area contributed by atoms with Crippen LogP contribution in [0.2, 0.25) is 0 Å². The number of nitrogens with zero attached hydrogens (tertiary/aromatic N) is 2. The summed E-state index contributed by atoms with van der Waals surface area (Å²) in [6.07, 6.45) is 0. The topological polar surface area (TPSA) is 79.2 Å². The third kappa shape index (κ3) is 3.52. The van der Waals surface area contributed by atoms with Crippen LogP contribution in [0.4, 0.5) is 5.69 Å². The van der Waals surface area contributed by atoms with Crippen LogP contribution in [0.15, 0.2) is 59.7 Å². The molecule has 3 rings (SSSR count). The van der Waals surface area contributed by atoms with E-state index in [-0.39, 0.29) is 11.5 Å². The molecule has 0 aliphatic carbocycles. The third-order valence-electron chi connectivity index (χ3n) is 3.97. The molecule has 2 aromatic carbocycles. The number of ether oxygens (including phenoxy) is 1. The highest BCUT2D eigenvalue weighted by Crippen LogP contribution is 2.26.